The average Bonchev–Trinajstić information content (AvgIpc) is 3.53. The van der Waals surface area contributed by atoms with Crippen molar-refractivity contribution in [1.82, 2.24) is 9.88 Å². The number of aryl methyl sites for hydroxylation is 1. The summed E-state index contributed by atoms with van der Waals surface area (Å²) in [5.74, 6) is 0.485. The maximum Gasteiger partial charge on any atom is 0.255 e. The number of benzene rings is 1. The molecule has 6 nitrogen and oxygen atoms in total. The minimum absolute atomic E-state index is 0.132. The molecule has 4 rings (SSSR count). The molecule has 6 heteroatoms. The van der Waals surface area contributed by atoms with Gasteiger partial charge in [0, 0.05) is 60.9 Å². The van der Waals surface area contributed by atoms with Gasteiger partial charge in [0.15, 0.2) is 0 Å². The highest BCUT2D eigenvalue weighted by molar-refractivity contribution is 6.04. The fraction of sp³-hybridized carbons (Fsp3) is 0.381. The molecule has 0 spiro atoms. The van der Waals surface area contributed by atoms with Gasteiger partial charge >= 0.3 is 0 Å². The molecule has 0 bridgehead atoms. The summed E-state index contributed by atoms with van der Waals surface area (Å²) < 4.78 is 0. The van der Waals surface area contributed by atoms with Gasteiger partial charge in [-0.3, -0.25) is 14.6 Å². The van der Waals surface area contributed by atoms with Crippen LogP contribution in [0.2, 0.25) is 0 Å². The number of hydrogen-bond donors (Lipinski definition) is 1. The predicted molar refractivity (Wildman–Crippen MR) is 105 cm³/mol. The molecule has 27 heavy (non-hydrogen) atoms. The molecular weight excluding hydrogens is 340 g/mol. The molecule has 2 aromatic rings. The standard InChI is InChI=1S/C21H24N4O2/c1-15-14-18(8-9-22-15)23-20(26)16-4-6-19(7-5-16)24-10-12-25(13-11-24)21(27)17-2-3-17/h4-9,14,17H,2-3,10-13H2,1H3,(H,22,23,26). The van der Waals surface area contributed by atoms with E-state index in [4.69, 9.17) is 0 Å². The summed E-state index contributed by atoms with van der Waals surface area (Å²) in [5.41, 5.74) is 3.32. The third-order valence-electron chi connectivity index (χ3n) is 5.17. The summed E-state index contributed by atoms with van der Waals surface area (Å²) in [5, 5.41) is 2.90. The zero-order valence-electron chi connectivity index (χ0n) is 15.5. The lowest BCUT2D eigenvalue weighted by Crippen LogP contribution is -2.49. The van der Waals surface area contributed by atoms with Gasteiger partial charge in [-0.05, 0) is 56.2 Å². The maximum atomic E-state index is 12.4. The number of aromatic nitrogens is 1. The van der Waals surface area contributed by atoms with Crippen molar-refractivity contribution >= 4 is 23.2 Å². The Morgan fingerprint density at radius 1 is 1.04 bits per heavy atom. The first-order chi connectivity index (χ1) is 13.1. The number of hydrogen-bond acceptors (Lipinski definition) is 4. The number of pyridine rings is 1. The van der Waals surface area contributed by atoms with Crippen molar-refractivity contribution in [3.63, 3.8) is 0 Å². The van der Waals surface area contributed by atoms with Crippen LogP contribution in [0.5, 0.6) is 0 Å². The van der Waals surface area contributed by atoms with Gasteiger partial charge in [-0.15, -0.1) is 0 Å². The lowest BCUT2D eigenvalue weighted by Gasteiger charge is -2.36. The van der Waals surface area contributed by atoms with Crippen LogP contribution in [0.3, 0.4) is 0 Å². The third kappa shape index (κ3) is 4.10. The van der Waals surface area contributed by atoms with E-state index in [1.54, 1.807) is 12.3 Å². The second kappa shape index (κ2) is 7.39. The van der Waals surface area contributed by atoms with E-state index in [2.05, 4.69) is 15.2 Å². The van der Waals surface area contributed by atoms with Crippen LogP contribution in [-0.4, -0.2) is 47.9 Å². The fourth-order valence-corrected chi connectivity index (χ4v) is 3.42. The second-order valence-corrected chi connectivity index (χ2v) is 7.27. The van der Waals surface area contributed by atoms with Gasteiger partial charge in [0.05, 0.1) is 0 Å². The fourth-order valence-electron chi connectivity index (χ4n) is 3.42. The molecule has 1 aromatic carbocycles. The number of nitrogens with one attached hydrogen (secondary N) is 1. The molecule has 1 aliphatic carbocycles. The Bertz CT molecular complexity index is 838. The monoisotopic (exact) mass is 364 g/mol. The van der Waals surface area contributed by atoms with E-state index in [0.717, 1.165) is 56.1 Å². The van der Waals surface area contributed by atoms with Crippen molar-refractivity contribution in [2.45, 2.75) is 19.8 Å². The minimum atomic E-state index is -0.132. The summed E-state index contributed by atoms with van der Waals surface area (Å²) in [7, 11) is 0. The summed E-state index contributed by atoms with van der Waals surface area (Å²) in [6.07, 6.45) is 3.80. The van der Waals surface area contributed by atoms with Crippen molar-refractivity contribution in [3.05, 3.63) is 53.9 Å². The lowest BCUT2D eigenvalue weighted by molar-refractivity contribution is -0.132. The quantitative estimate of drug-likeness (QED) is 0.906. The Balaban J connectivity index is 1.34. The SMILES string of the molecule is Cc1cc(NC(=O)c2ccc(N3CCN(C(=O)C4CC4)CC3)cc2)ccn1. The lowest BCUT2D eigenvalue weighted by atomic mass is 10.1. The first-order valence-electron chi connectivity index (χ1n) is 9.48. The van der Waals surface area contributed by atoms with Crippen molar-refractivity contribution in [1.29, 1.82) is 0 Å². The topological polar surface area (TPSA) is 65.5 Å². The summed E-state index contributed by atoms with van der Waals surface area (Å²) in [6.45, 7) is 5.11. The average molecular weight is 364 g/mol. The van der Waals surface area contributed by atoms with E-state index in [1.807, 2.05) is 42.2 Å². The summed E-state index contributed by atoms with van der Waals surface area (Å²) >= 11 is 0. The molecule has 140 valence electrons. The first-order valence-corrected chi connectivity index (χ1v) is 9.48. The van der Waals surface area contributed by atoms with Crippen molar-refractivity contribution < 1.29 is 9.59 Å². The van der Waals surface area contributed by atoms with Gasteiger partial charge in [0.2, 0.25) is 5.91 Å². The molecule has 1 aliphatic heterocycles. The largest absolute Gasteiger partial charge is 0.368 e. The molecule has 0 atom stereocenters. The van der Waals surface area contributed by atoms with Crippen LogP contribution in [0.4, 0.5) is 11.4 Å². The number of nitrogens with zero attached hydrogens (tertiary/aromatic N) is 3. The van der Waals surface area contributed by atoms with E-state index in [1.165, 1.54) is 0 Å². The van der Waals surface area contributed by atoms with E-state index >= 15 is 0 Å². The van der Waals surface area contributed by atoms with Crippen molar-refractivity contribution in [3.8, 4) is 0 Å². The van der Waals surface area contributed by atoms with E-state index in [0.29, 0.717) is 17.4 Å². The molecule has 2 fully saturated rings. The first kappa shape index (κ1) is 17.5. The van der Waals surface area contributed by atoms with E-state index in [9.17, 15) is 9.59 Å². The Hall–Kier alpha value is -2.89. The predicted octanol–water partition coefficient (Wildman–Crippen LogP) is 2.70. The van der Waals surface area contributed by atoms with Crippen LogP contribution >= 0.6 is 0 Å². The second-order valence-electron chi connectivity index (χ2n) is 7.27. The summed E-state index contributed by atoms with van der Waals surface area (Å²) in [4.78, 5) is 33.0. The molecule has 0 unspecified atom stereocenters. The Morgan fingerprint density at radius 3 is 2.37 bits per heavy atom. The van der Waals surface area contributed by atoms with Crippen LogP contribution < -0.4 is 10.2 Å². The van der Waals surface area contributed by atoms with Gasteiger partial charge in [-0.2, -0.15) is 0 Å². The zero-order chi connectivity index (χ0) is 18.8. The molecule has 2 aliphatic rings. The van der Waals surface area contributed by atoms with Crippen LogP contribution in [0.25, 0.3) is 0 Å². The molecule has 1 saturated carbocycles. The van der Waals surface area contributed by atoms with Gasteiger partial charge in [0.1, 0.15) is 0 Å². The highest BCUT2D eigenvalue weighted by Gasteiger charge is 2.34. The van der Waals surface area contributed by atoms with Crippen LogP contribution in [0.1, 0.15) is 28.9 Å². The van der Waals surface area contributed by atoms with E-state index in [-0.39, 0.29) is 5.91 Å². The molecule has 1 aromatic heterocycles. The number of anilines is 2. The maximum absolute atomic E-state index is 12.4. The van der Waals surface area contributed by atoms with Crippen LogP contribution in [-0.2, 0) is 4.79 Å². The zero-order valence-corrected chi connectivity index (χ0v) is 15.5. The highest BCUT2D eigenvalue weighted by Crippen LogP contribution is 2.31. The normalized spacial score (nSPS) is 16.9. The van der Waals surface area contributed by atoms with Crippen molar-refractivity contribution in [2.75, 3.05) is 36.4 Å². The number of rotatable bonds is 4. The summed E-state index contributed by atoms with van der Waals surface area (Å²) in [6, 6.07) is 11.3. The Kier molecular flexibility index (Phi) is 4.79. The van der Waals surface area contributed by atoms with Crippen LogP contribution in [0, 0.1) is 12.8 Å². The number of amides is 2. The minimum Gasteiger partial charge on any atom is -0.368 e. The van der Waals surface area contributed by atoms with E-state index < -0.39 is 0 Å². The Labute approximate surface area is 159 Å². The molecule has 1 saturated heterocycles. The number of piperazine rings is 1. The molecular formula is C21H24N4O2. The number of carbonyl (C=O) groups is 2. The van der Waals surface area contributed by atoms with Gasteiger partial charge in [-0.1, -0.05) is 0 Å². The molecule has 0 radical (unpaired) electrons. The van der Waals surface area contributed by atoms with Gasteiger partial charge in [-0.25, -0.2) is 0 Å². The molecule has 2 heterocycles. The Morgan fingerprint density at radius 2 is 1.74 bits per heavy atom. The third-order valence-corrected chi connectivity index (χ3v) is 5.17. The van der Waals surface area contributed by atoms with Crippen LogP contribution in [0.15, 0.2) is 42.6 Å². The molecule has 1 N–H and O–H groups in total. The number of carbonyl (C=O) groups excluding carboxylic acids is 2. The van der Waals surface area contributed by atoms with Gasteiger partial charge < -0.3 is 15.1 Å². The van der Waals surface area contributed by atoms with Crippen molar-refractivity contribution in [2.24, 2.45) is 5.92 Å². The smallest absolute Gasteiger partial charge is 0.255 e. The van der Waals surface area contributed by atoms with Gasteiger partial charge in [0.25, 0.3) is 5.91 Å². The molecule has 2 amide bonds. The highest BCUT2D eigenvalue weighted by atomic mass is 16.2.